The molecule has 1 rings (SSSR count). The number of terminal acetylenes is 1. The average molecular weight is 223 g/mol. The molecule has 0 aromatic heterocycles. The highest BCUT2D eigenvalue weighted by Gasteiger charge is 2.16. The molecule has 1 aromatic carbocycles. The van der Waals surface area contributed by atoms with Gasteiger partial charge in [-0.05, 0) is 17.7 Å². The Morgan fingerprint density at radius 1 is 1.27 bits per heavy atom. The largest absolute Gasteiger partial charge is 0.242 e. The van der Waals surface area contributed by atoms with Gasteiger partial charge in [-0.25, -0.2) is 12.7 Å². The van der Waals surface area contributed by atoms with Crippen LogP contribution in [0.25, 0.3) is 0 Å². The number of hydrogen-bond acceptors (Lipinski definition) is 2. The highest BCUT2D eigenvalue weighted by atomic mass is 32.2. The van der Waals surface area contributed by atoms with Gasteiger partial charge in [-0.1, -0.05) is 12.1 Å². The Balaban J connectivity index is 3.06. The van der Waals surface area contributed by atoms with E-state index in [1.807, 2.05) is 0 Å². The maximum atomic E-state index is 11.7. The van der Waals surface area contributed by atoms with Gasteiger partial charge in [0, 0.05) is 20.5 Å². The number of benzene rings is 1. The van der Waals surface area contributed by atoms with Gasteiger partial charge in [-0.2, -0.15) is 0 Å². The summed E-state index contributed by atoms with van der Waals surface area (Å²) in [4.78, 5) is 0.285. The Morgan fingerprint density at radius 2 is 1.80 bits per heavy atom. The number of sulfonamides is 1. The van der Waals surface area contributed by atoms with Gasteiger partial charge in [0.05, 0.1) is 4.90 Å². The molecule has 0 bridgehead atoms. The molecule has 0 radical (unpaired) electrons. The minimum Gasteiger partial charge on any atom is -0.207 e. The standard InChI is InChI=1S/C11H13NO2S/c1-4-5-10-6-8-11(9-7-10)15(13,14)12(2)3/h1,6-9H,5H2,2-3H3. The Morgan fingerprint density at radius 3 is 2.20 bits per heavy atom. The van der Waals surface area contributed by atoms with Crippen molar-refractivity contribution in [2.24, 2.45) is 0 Å². The zero-order chi connectivity index (χ0) is 11.5. The van der Waals surface area contributed by atoms with Gasteiger partial charge < -0.3 is 0 Å². The molecule has 0 aliphatic heterocycles. The Hall–Kier alpha value is -1.31. The number of nitrogens with zero attached hydrogens (tertiary/aromatic N) is 1. The first-order chi connectivity index (χ1) is 6.98. The van der Waals surface area contributed by atoms with Crippen LogP contribution < -0.4 is 0 Å². The van der Waals surface area contributed by atoms with E-state index in [4.69, 9.17) is 6.42 Å². The second-order valence-electron chi connectivity index (χ2n) is 3.31. The van der Waals surface area contributed by atoms with E-state index in [0.717, 1.165) is 5.56 Å². The predicted molar refractivity (Wildman–Crippen MR) is 59.9 cm³/mol. The van der Waals surface area contributed by atoms with Crippen LogP contribution in [0, 0.1) is 12.3 Å². The lowest BCUT2D eigenvalue weighted by atomic mass is 10.2. The Bertz CT molecular complexity index is 466. The van der Waals surface area contributed by atoms with E-state index in [2.05, 4.69) is 5.92 Å². The summed E-state index contributed by atoms with van der Waals surface area (Å²) in [5.74, 6) is 2.51. The Kier molecular flexibility index (Phi) is 3.51. The van der Waals surface area contributed by atoms with E-state index < -0.39 is 10.0 Å². The molecule has 15 heavy (non-hydrogen) atoms. The van der Waals surface area contributed by atoms with Crippen LogP contribution in [0.1, 0.15) is 5.56 Å². The molecule has 0 amide bonds. The predicted octanol–water partition coefficient (Wildman–Crippen LogP) is 1.11. The zero-order valence-corrected chi connectivity index (χ0v) is 9.58. The second-order valence-corrected chi connectivity index (χ2v) is 5.46. The van der Waals surface area contributed by atoms with Gasteiger partial charge in [-0.3, -0.25) is 0 Å². The van der Waals surface area contributed by atoms with Crippen LogP contribution in [0.3, 0.4) is 0 Å². The van der Waals surface area contributed by atoms with Gasteiger partial charge in [0.15, 0.2) is 0 Å². The first kappa shape index (κ1) is 11.8. The number of rotatable bonds is 3. The van der Waals surface area contributed by atoms with E-state index in [1.54, 1.807) is 24.3 Å². The van der Waals surface area contributed by atoms with Gasteiger partial charge in [-0.15, -0.1) is 12.3 Å². The lowest BCUT2D eigenvalue weighted by Crippen LogP contribution is -2.22. The second kappa shape index (κ2) is 4.47. The van der Waals surface area contributed by atoms with Crippen molar-refractivity contribution in [2.45, 2.75) is 11.3 Å². The summed E-state index contributed by atoms with van der Waals surface area (Å²) in [6.45, 7) is 0. The van der Waals surface area contributed by atoms with E-state index in [0.29, 0.717) is 6.42 Å². The zero-order valence-electron chi connectivity index (χ0n) is 8.77. The summed E-state index contributed by atoms with van der Waals surface area (Å²) in [6.07, 6.45) is 5.67. The molecule has 0 saturated carbocycles. The summed E-state index contributed by atoms with van der Waals surface area (Å²) in [5.41, 5.74) is 0.940. The van der Waals surface area contributed by atoms with Crippen LogP contribution in [-0.2, 0) is 16.4 Å². The first-order valence-electron chi connectivity index (χ1n) is 4.43. The fourth-order valence-corrected chi connectivity index (χ4v) is 2.01. The van der Waals surface area contributed by atoms with Crippen molar-refractivity contribution >= 4 is 10.0 Å². The van der Waals surface area contributed by atoms with E-state index in [-0.39, 0.29) is 4.90 Å². The van der Waals surface area contributed by atoms with Crippen molar-refractivity contribution in [2.75, 3.05) is 14.1 Å². The third-order valence-corrected chi connectivity index (χ3v) is 3.84. The molecule has 0 aliphatic rings. The summed E-state index contributed by atoms with van der Waals surface area (Å²) >= 11 is 0. The lowest BCUT2D eigenvalue weighted by Gasteiger charge is -2.11. The minimum absolute atomic E-state index is 0.285. The van der Waals surface area contributed by atoms with Crippen LogP contribution >= 0.6 is 0 Å². The molecule has 3 nitrogen and oxygen atoms in total. The van der Waals surface area contributed by atoms with E-state index in [9.17, 15) is 8.42 Å². The molecule has 1 aromatic rings. The minimum atomic E-state index is -3.33. The van der Waals surface area contributed by atoms with Crippen molar-refractivity contribution in [1.82, 2.24) is 4.31 Å². The SMILES string of the molecule is C#CCc1ccc(S(=O)(=O)N(C)C)cc1. The summed E-state index contributed by atoms with van der Waals surface area (Å²) < 4.78 is 24.6. The quantitative estimate of drug-likeness (QED) is 0.720. The summed E-state index contributed by atoms with van der Waals surface area (Å²) in [6, 6.07) is 6.61. The van der Waals surface area contributed by atoms with Gasteiger partial charge in [0.25, 0.3) is 0 Å². The van der Waals surface area contributed by atoms with Crippen molar-refractivity contribution in [3.05, 3.63) is 29.8 Å². The maximum Gasteiger partial charge on any atom is 0.242 e. The van der Waals surface area contributed by atoms with Crippen LogP contribution in [0.5, 0.6) is 0 Å². The van der Waals surface area contributed by atoms with Crippen molar-refractivity contribution < 1.29 is 8.42 Å². The highest BCUT2D eigenvalue weighted by Crippen LogP contribution is 2.13. The molecule has 0 unspecified atom stereocenters. The van der Waals surface area contributed by atoms with Crippen LogP contribution in [0.2, 0.25) is 0 Å². The van der Waals surface area contributed by atoms with Gasteiger partial charge in [0.1, 0.15) is 0 Å². The fraction of sp³-hybridized carbons (Fsp3) is 0.273. The smallest absolute Gasteiger partial charge is 0.207 e. The van der Waals surface area contributed by atoms with Crippen molar-refractivity contribution in [1.29, 1.82) is 0 Å². The summed E-state index contributed by atoms with van der Waals surface area (Å²) in [5, 5.41) is 0. The van der Waals surface area contributed by atoms with Crippen molar-refractivity contribution in [3.8, 4) is 12.3 Å². The molecule has 0 heterocycles. The normalized spacial score (nSPS) is 11.3. The number of hydrogen-bond donors (Lipinski definition) is 0. The molecule has 80 valence electrons. The lowest BCUT2D eigenvalue weighted by molar-refractivity contribution is 0.520. The third kappa shape index (κ3) is 2.58. The van der Waals surface area contributed by atoms with E-state index >= 15 is 0 Å². The van der Waals surface area contributed by atoms with Gasteiger partial charge >= 0.3 is 0 Å². The van der Waals surface area contributed by atoms with Crippen molar-refractivity contribution in [3.63, 3.8) is 0 Å². The third-order valence-electron chi connectivity index (χ3n) is 2.01. The maximum absolute atomic E-state index is 11.7. The first-order valence-corrected chi connectivity index (χ1v) is 5.87. The molecule has 0 N–H and O–H groups in total. The molecule has 4 heteroatoms. The Labute approximate surface area is 90.8 Å². The molecular formula is C11H13NO2S. The van der Waals surface area contributed by atoms with Gasteiger partial charge in [0.2, 0.25) is 10.0 Å². The monoisotopic (exact) mass is 223 g/mol. The highest BCUT2D eigenvalue weighted by molar-refractivity contribution is 7.89. The molecule has 0 fully saturated rings. The summed E-state index contributed by atoms with van der Waals surface area (Å²) in [7, 11) is -0.318. The van der Waals surface area contributed by atoms with E-state index in [1.165, 1.54) is 18.4 Å². The average Bonchev–Trinajstić information content (AvgIpc) is 2.19. The molecule has 0 spiro atoms. The molecule has 0 atom stereocenters. The molecular weight excluding hydrogens is 210 g/mol. The molecule has 0 aliphatic carbocycles. The molecule has 0 saturated heterocycles. The van der Waals surface area contributed by atoms with Crippen LogP contribution in [0.15, 0.2) is 29.2 Å². The fourth-order valence-electron chi connectivity index (χ4n) is 1.11. The van der Waals surface area contributed by atoms with Crippen LogP contribution in [-0.4, -0.2) is 26.8 Å². The topological polar surface area (TPSA) is 37.4 Å². The van der Waals surface area contributed by atoms with Crippen LogP contribution in [0.4, 0.5) is 0 Å².